The Morgan fingerprint density at radius 2 is 1.85 bits per heavy atom. The van der Waals surface area contributed by atoms with Gasteiger partial charge in [0.2, 0.25) is 0 Å². The van der Waals surface area contributed by atoms with E-state index in [1.807, 2.05) is 47.0 Å². The highest BCUT2D eigenvalue weighted by molar-refractivity contribution is 6.30. The van der Waals surface area contributed by atoms with E-state index in [4.69, 9.17) is 16.3 Å². The number of para-hydroxylation sites is 1. The minimum atomic E-state index is -0.382. The Hall–Kier alpha value is -2.86. The summed E-state index contributed by atoms with van der Waals surface area (Å²) in [4.78, 5) is 23.1. The summed E-state index contributed by atoms with van der Waals surface area (Å²) in [6.45, 7) is 1.57. The van der Waals surface area contributed by atoms with Gasteiger partial charge in [0.25, 0.3) is 0 Å². The first kappa shape index (κ1) is 17.5. The quantitative estimate of drug-likeness (QED) is 0.643. The number of pyridine rings is 1. The van der Waals surface area contributed by atoms with E-state index in [0.717, 1.165) is 37.4 Å². The number of aromatic nitrogens is 3. The van der Waals surface area contributed by atoms with E-state index in [1.165, 1.54) is 0 Å². The van der Waals surface area contributed by atoms with Gasteiger partial charge < -0.3 is 14.2 Å². The molecule has 138 valence electrons. The standard InChI is InChI=1S/C20H19ClN4O2/c21-15-6-7-19(22-12-15)24-10-8-17(9-11-24)27-20(26)18-13-25(14-23-18)16-4-2-1-3-5-16/h1-7,12-14,17H,8-11H2. The Balaban J connectivity index is 1.33. The van der Waals surface area contributed by atoms with Crippen LogP contribution in [0.5, 0.6) is 0 Å². The number of carbonyl (C=O) groups is 1. The lowest BCUT2D eigenvalue weighted by Gasteiger charge is -2.32. The minimum absolute atomic E-state index is 0.108. The van der Waals surface area contributed by atoms with Crippen molar-refractivity contribution in [1.82, 2.24) is 14.5 Å². The summed E-state index contributed by atoms with van der Waals surface area (Å²) in [5.41, 5.74) is 1.27. The predicted molar refractivity (Wildman–Crippen MR) is 103 cm³/mol. The van der Waals surface area contributed by atoms with Gasteiger partial charge in [-0.3, -0.25) is 0 Å². The van der Waals surface area contributed by atoms with Crippen molar-refractivity contribution < 1.29 is 9.53 Å². The van der Waals surface area contributed by atoms with Crippen molar-refractivity contribution in [3.8, 4) is 5.69 Å². The minimum Gasteiger partial charge on any atom is -0.457 e. The van der Waals surface area contributed by atoms with Crippen molar-refractivity contribution >= 4 is 23.4 Å². The van der Waals surface area contributed by atoms with E-state index in [-0.39, 0.29) is 12.1 Å². The van der Waals surface area contributed by atoms with Crippen LogP contribution in [0.1, 0.15) is 23.3 Å². The van der Waals surface area contributed by atoms with E-state index in [0.29, 0.717) is 10.7 Å². The molecule has 7 heteroatoms. The predicted octanol–water partition coefficient (Wildman–Crippen LogP) is 3.75. The molecule has 2 aromatic heterocycles. The lowest BCUT2D eigenvalue weighted by molar-refractivity contribution is 0.0238. The molecular formula is C20H19ClN4O2. The molecule has 1 fully saturated rings. The average Bonchev–Trinajstić information content (AvgIpc) is 3.20. The summed E-state index contributed by atoms with van der Waals surface area (Å²) in [7, 11) is 0. The average molecular weight is 383 g/mol. The summed E-state index contributed by atoms with van der Waals surface area (Å²) >= 11 is 5.88. The maximum Gasteiger partial charge on any atom is 0.358 e. The van der Waals surface area contributed by atoms with Gasteiger partial charge in [-0.1, -0.05) is 29.8 Å². The fourth-order valence-electron chi connectivity index (χ4n) is 3.14. The number of carbonyl (C=O) groups excluding carboxylic acids is 1. The topological polar surface area (TPSA) is 60.2 Å². The summed E-state index contributed by atoms with van der Waals surface area (Å²) in [6.07, 6.45) is 6.38. The van der Waals surface area contributed by atoms with Crippen molar-refractivity contribution in [2.45, 2.75) is 18.9 Å². The molecular weight excluding hydrogens is 364 g/mol. The molecule has 27 heavy (non-hydrogen) atoms. The molecule has 0 unspecified atom stereocenters. The first-order valence-electron chi connectivity index (χ1n) is 8.86. The number of esters is 1. The summed E-state index contributed by atoms with van der Waals surface area (Å²) in [5.74, 6) is 0.513. The number of nitrogens with zero attached hydrogens (tertiary/aromatic N) is 4. The number of benzene rings is 1. The van der Waals surface area contributed by atoms with E-state index < -0.39 is 0 Å². The van der Waals surface area contributed by atoms with Crippen molar-refractivity contribution in [3.05, 3.63) is 71.9 Å². The summed E-state index contributed by atoms with van der Waals surface area (Å²) in [6, 6.07) is 13.5. The number of hydrogen-bond donors (Lipinski definition) is 0. The molecule has 0 amide bonds. The van der Waals surface area contributed by atoms with Gasteiger partial charge in [-0.15, -0.1) is 0 Å². The van der Waals surface area contributed by atoms with E-state index >= 15 is 0 Å². The molecule has 0 spiro atoms. The lowest BCUT2D eigenvalue weighted by atomic mass is 10.1. The molecule has 3 heterocycles. The van der Waals surface area contributed by atoms with E-state index in [2.05, 4.69) is 14.9 Å². The molecule has 0 bridgehead atoms. The van der Waals surface area contributed by atoms with Crippen LogP contribution in [0.25, 0.3) is 5.69 Å². The number of imidazole rings is 1. The normalized spacial score (nSPS) is 14.9. The second-order valence-electron chi connectivity index (χ2n) is 6.43. The van der Waals surface area contributed by atoms with Gasteiger partial charge in [0.15, 0.2) is 5.69 Å². The highest BCUT2D eigenvalue weighted by Crippen LogP contribution is 2.21. The Bertz CT molecular complexity index is 903. The number of hydrogen-bond acceptors (Lipinski definition) is 5. The third-order valence-electron chi connectivity index (χ3n) is 4.60. The molecule has 0 N–H and O–H groups in total. The largest absolute Gasteiger partial charge is 0.457 e. The van der Waals surface area contributed by atoms with Crippen molar-refractivity contribution in [1.29, 1.82) is 0 Å². The Morgan fingerprint density at radius 3 is 2.56 bits per heavy atom. The maximum absolute atomic E-state index is 12.4. The number of ether oxygens (including phenoxy) is 1. The monoisotopic (exact) mass is 382 g/mol. The van der Waals surface area contributed by atoms with Gasteiger partial charge in [-0.2, -0.15) is 0 Å². The second-order valence-corrected chi connectivity index (χ2v) is 6.86. The third-order valence-corrected chi connectivity index (χ3v) is 4.82. The molecule has 1 saturated heterocycles. The molecule has 1 aliphatic rings. The fourth-order valence-corrected chi connectivity index (χ4v) is 3.25. The van der Waals surface area contributed by atoms with Crippen LogP contribution >= 0.6 is 11.6 Å². The Morgan fingerprint density at radius 1 is 1.07 bits per heavy atom. The van der Waals surface area contributed by atoms with Crippen molar-refractivity contribution in [2.75, 3.05) is 18.0 Å². The zero-order chi connectivity index (χ0) is 18.6. The first-order valence-corrected chi connectivity index (χ1v) is 9.24. The van der Waals surface area contributed by atoms with Crippen LogP contribution in [0.2, 0.25) is 5.02 Å². The zero-order valence-electron chi connectivity index (χ0n) is 14.7. The molecule has 6 nitrogen and oxygen atoms in total. The number of rotatable bonds is 4. The van der Waals surface area contributed by atoms with Gasteiger partial charge in [0, 0.05) is 44.0 Å². The van der Waals surface area contributed by atoms with Gasteiger partial charge in [0.1, 0.15) is 18.2 Å². The Kier molecular flexibility index (Phi) is 5.07. The number of piperidine rings is 1. The molecule has 1 aliphatic heterocycles. The Labute approximate surface area is 162 Å². The van der Waals surface area contributed by atoms with E-state index in [1.54, 1.807) is 18.7 Å². The maximum atomic E-state index is 12.4. The first-order chi connectivity index (χ1) is 13.2. The van der Waals surface area contributed by atoms with Gasteiger partial charge in [0.05, 0.1) is 5.02 Å². The molecule has 0 saturated carbocycles. The fraction of sp³-hybridized carbons (Fsp3) is 0.250. The molecule has 0 radical (unpaired) electrons. The van der Waals surface area contributed by atoms with Gasteiger partial charge >= 0.3 is 5.97 Å². The molecule has 4 rings (SSSR count). The highest BCUT2D eigenvalue weighted by atomic mass is 35.5. The van der Waals surface area contributed by atoms with Crippen LogP contribution in [-0.4, -0.2) is 39.7 Å². The van der Waals surface area contributed by atoms with Crippen LogP contribution in [0.4, 0.5) is 5.82 Å². The van der Waals surface area contributed by atoms with Crippen LogP contribution in [-0.2, 0) is 4.74 Å². The second kappa shape index (κ2) is 7.80. The van der Waals surface area contributed by atoms with Crippen molar-refractivity contribution in [2.24, 2.45) is 0 Å². The highest BCUT2D eigenvalue weighted by Gasteiger charge is 2.24. The molecule has 3 aromatic rings. The number of halogens is 1. The summed E-state index contributed by atoms with van der Waals surface area (Å²) < 4.78 is 7.46. The van der Waals surface area contributed by atoms with Crippen LogP contribution < -0.4 is 4.90 Å². The SMILES string of the molecule is O=C(OC1CCN(c2ccc(Cl)cn2)CC1)c1cn(-c2ccccc2)cn1. The third kappa shape index (κ3) is 4.11. The lowest BCUT2D eigenvalue weighted by Crippen LogP contribution is -2.38. The van der Waals surface area contributed by atoms with E-state index in [9.17, 15) is 4.79 Å². The van der Waals surface area contributed by atoms with Crippen LogP contribution in [0, 0.1) is 0 Å². The van der Waals surface area contributed by atoms with Crippen LogP contribution in [0.3, 0.4) is 0 Å². The molecule has 0 aliphatic carbocycles. The number of anilines is 1. The van der Waals surface area contributed by atoms with Gasteiger partial charge in [-0.05, 0) is 24.3 Å². The zero-order valence-corrected chi connectivity index (χ0v) is 15.4. The molecule has 0 atom stereocenters. The van der Waals surface area contributed by atoms with Crippen molar-refractivity contribution in [3.63, 3.8) is 0 Å². The van der Waals surface area contributed by atoms with Crippen LogP contribution in [0.15, 0.2) is 61.2 Å². The molecule has 1 aromatic carbocycles. The smallest absolute Gasteiger partial charge is 0.358 e. The summed E-state index contributed by atoms with van der Waals surface area (Å²) in [5, 5.41) is 0.623. The van der Waals surface area contributed by atoms with Gasteiger partial charge in [-0.25, -0.2) is 14.8 Å².